The van der Waals surface area contributed by atoms with Crippen LogP contribution in [0.15, 0.2) is 23.1 Å². The maximum absolute atomic E-state index is 13.3. The van der Waals surface area contributed by atoms with Crippen LogP contribution in [0.1, 0.15) is 19.8 Å². The van der Waals surface area contributed by atoms with Crippen LogP contribution >= 0.6 is 0 Å². The van der Waals surface area contributed by atoms with E-state index < -0.39 is 31.9 Å². The predicted octanol–water partition coefficient (Wildman–Crippen LogP) is 0.581. The molecule has 2 aliphatic rings. The number of piperidine rings is 1. The van der Waals surface area contributed by atoms with Gasteiger partial charge in [0.15, 0.2) is 0 Å². The number of esters is 1. The van der Waals surface area contributed by atoms with Crippen molar-refractivity contribution in [2.45, 2.75) is 24.7 Å². The van der Waals surface area contributed by atoms with Gasteiger partial charge in [-0.3, -0.25) is 9.59 Å². The first-order chi connectivity index (χ1) is 14.0. The van der Waals surface area contributed by atoms with E-state index >= 15 is 0 Å². The quantitative estimate of drug-likeness (QED) is 0.584. The minimum absolute atomic E-state index is 0.0333. The Balaban J connectivity index is 1.96. The Labute approximate surface area is 175 Å². The number of amides is 1. The van der Waals surface area contributed by atoms with Crippen LogP contribution in [0.2, 0.25) is 0 Å². The number of carbonyl (C=O) groups is 2. The highest BCUT2D eigenvalue weighted by molar-refractivity contribution is 7.94. The van der Waals surface area contributed by atoms with Gasteiger partial charge in [0.1, 0.15) is 10.6 Å². The number of carbonyl (C=O) groups excluding carboxylic acids is 2. The van der Waals surface area contributed by atoms with Crippen molar-refractivity contribution in [3.05, 3.63) is 18.2 Å². The first-order valence-electron chi connectivity index (χ1n) is 9.35. The smallest absolute Gasteiger partial charge is 0.308 e. The highest BCUT2D eigenvalue weighted by atomic mass is 32.2. The van der Waals surface area contributed by atoms with Gasteiger partial charge in [-0.05, 0) is 31.0 Å². The van der Waals surface area contributed by atoms with Gasteiger partial charge in [-0.1, -0.05) is 6.92 Å². The molecule has 2 fully saturated rings. The third-order valence-corrected chi connectivity index (χ3v) is 9.14. The first-order valence-corrected chi connectivity index (χ1v) is 12.4. The second-order valence-electron chi connectivity index (χ2n) is 7.32. The number of hydrogen-bond acceptors (Lipinski definition) is 8. The SMILES string of the molecule is COC(=O)C1CCN(S(=O)(=O)c2cc(N3C(=O)[C@H](C)CS3(=O)=O)ccc2OC)CC1. The molecule has 2 saturated heterocycles. The molecule has 12 heteroatoms. The molecule has 1 atom stereocenters. The Morgan fingerprint density at radius 3 is 2.30 bits per heavy atom. The number of sulfonamides is 2. The van der Waals surface area contributed by atoms with Gasteiger partial charge in [-0.25, -0.2) is 21.1 Å². The van der Waals surface area contributed by atoms with Crippen LogP contribution in [0, 0.1) is 11.8 Å². The summed E-state index contributed by atoms with van der Waals surface area (Å²) in [5, 5.41) is 0. The summed E-state index contributed by atoms with van der Waals surface area (Å²) in [7, 11) is -5.35. The highest BCUT2D eigenvalue weighted by Crippen LogP contribution is 2.36. The second kappa shape index (κ2) is 8.16. The van der Waals surface area contributed by atoms with Crippen molar-refractivity contribution in [1.29, 1.82) is 0 Å². The van der Waals surface area contributed by atoms with E-state index in [2.05, 4.69) is 0 Å². The van der Waals surface area contributed by atoms with Gasteiger partial charge in [0.25, 0.3) is 0 Å². The van der Waals surface area contributed by atoms with E-state index in [9.17, 15) is 26.4 Å². The maximum Gasteiger partial charge on any atom is 0.308 e. The van der Waals surface area contributed by atoms with Crippen molar-refractivity contribution in [3.63, 3.8) is 0 Å². The molecule has 1 aromatic carbocycles. The zero-order chi connectivity index (χ0) is 22.3. The van der Waals surface area contributed by atoms with Crippen LogP contribution in [0.4, 0.5) is 5.69 Å². The maximum atomic E-state index is 13.3. The number of methoxy groups -OCH3 is 2. The molecule has 0 radical (unpaired) electrons. The van der Waals surface area contributed by atoms with Crippen molar-refractivity contribution in [3.8, 4) is 5.75 Å². The average molecular weight is 461 g/mol. The fourth-order valence-electron chi connectivity index (χ4n) is 3.72. The van der Waals surface area contributed by atoms with E-state index in [4.69, 9.17) is 9.47 Å². The van der Waals surface area contributed by atoms with E-state index in [0.29, 0.717) is 17.1 Å². The van der Waals surface area contributed by atoms with Crippen LogP contribution in [0.5, 0.6) is 5.75 Å². The summed E-state index contributed by atoms with van der Waals surface area (Å²) in [4.78, 5) is 23.8. The lowest BCUT2D eigenvalue weighted by molar-refractivity contribution is -0.146. The molecule has 1 amide bonds. The minimum Gasteiger partial charge on any atom is -0.495 e. The summed E-state index contributed by atoms with van der Waals surface area (Å²) < 4.78 is 63.1. The first kappa shape index (κ1) is 22.5. The molecule has 30 heavy (non-hydrogen) atoms. The number of nitrogens with zero attached hydrogens (tertiary/aromatic N) is 2. The third-order valence-electron chi connectivity index (χ3n) is 5.35. The number of benzene rings is 1. The Morgan fingerprint density at radius 1 is 1.17 bits per heavy atom. The lowest BCUT2D eigenvalue weighted by atomic mass is 9.99. The van der Waals surface area contributed by atoms with E-state index in [0.717, 1.165) is 6.07 Å². The topological polar surface area (TPSA) is 127 Å². The van der Waals surface area contributed by atoms with Gasteiger partial charge in [0.05, 0.1) is 37.5 Å². The summed E-state index contributed by atoms with van der Waals surface area (Å²) in [5.74, 6) is -2.37. The zero-order valence-electron chi connectivity index (χ0n) is 16.9. The molecule has 0 spiro atoms. The Morgan fingerprint density at radius 2 is 1.80 bits per heavy atom. The van der Waals surface area contributed by atoms with Crippen LogP contribution in [-0.2, 0) is 34.4 Å². The molecular weight excluding hydrogens is 436 g/mol. The number of rotatable bonds is 5. The van der Waals surface area contributed by atoms with Crippen molar-refractivity contribution in [2.24, 2.45) is 11.8 Å². The molecule has 3 rings (SSSR count). The minimum atomic E-state index is -4.06. The molecule has 10 nitrogen and oxygen atoms in total. The summed E-state index contributed by atoms with van der Waals surface area (Å²) in [6.45, 7) is 1.72. The van der Waals surface area contributed by atoms with Gasteiger partial charge in [-0.2, -0.15) is 4.31 Å². The monoisotopic (exact) mass is 460 g/mol. The van der Waals surface area contributed by atoms with Crippen LogP contribution in [-0.4, -0.2) is 66.1 Å². The van der Waals surface area contributed by atoms with E-state index in [-0.39, 0.29) is 47.1 Å². The van der Waals surface area contributed by atoms with Crippen molar-refractivity contribution >= 4 is 37.6 Å². The Bertz CT molecular complexity index is 1060. The highest BCUT2D eigenvalue weighted by Gasteiger charge is 2.43. The molecule has 2 aliphatic heterocycles. The molecule has 0 unspecified atom stereocenters. The largest absolute Gasteiger partial charge is 0.495 e. The van der Waals surface area contributed by atoms with Gasteiger partial charge in [-0.15, -0.1) is 0 Å². The van der Waals surface area contributed by atoms with Gasteiger partial charge < -0.3 is 9.47 Å². The second-order valence-corrected chi connectivity index (χ2v) is 11.1. The number of hydrogen-bond donors (Lipinski definition) is 0. The van der Waals surface area contributed by atoms with Crippen molar-refractivity contribution < 1.29 is 35.9 Å². The predicted molar refractivity (Wildman–Crippen MR) is 107 cm³/mol. The van der Waals surface area contributed by atoms with Crippen molar-refractivity contribution in [1.82, 2.24) is 4.31 Å². The average Bonchev–Trinajstić information content (AvgIpc) is 2.93. The number of anilines is 1. The molecule has 2 heterocycles. The summed E-state index contributed by atoms with van der Waals surface area (Å²) >= 11 is 0. The molecule has 0 N–H and O–H groups in total. The van der Waals surface area contributed by atoms with Crippen LogP contribution in [0.25, 0.3) is 0 Å². The molecule has 1 aromatic rings. The molecular formula is C18H24N2O8S2. The molecule has 0 aliphatic carbocycles. The zero-order valence-corrected chi connectivity index (χ0v) is 18.5. The summed E-state index contributed by atoms with van der Waals surface area (Å²) in [6.07, 6.45) is 0.620. The van der Waals surface area contributed by atoms with Crippen molar-refractivity contribution in [2.75, 3.05) is 37.4 Å². The van der Waals surface area contributed by atoms with Gasteiger partial charge in [0.2, 0.25) is 26.0 Å². The Hall–Kier alpha value is -2.18. The molecule has 0 aromatic heterocycles. The van der Waals surface area contributed by atoms with E-state index in [1.54, 1.807) is 0 Å². The number of ether oxygens (including phenoxy) is 2. The molecule has 0 saturated carbocycles. The Kier molecular flexibility index (Phi) is 6.12. The normalized spacial score (nSPS) is 22.8. The summed E-state index contributed by atoms with van der Waals surface area (Å²) in [6, 6.07) is 3.82. The fraction of sp³-hybridized carbons (Fsp3) is 0.556. The molecule has 0 bridgehead atoms. The lowest BCUT2D eigenvalue weighted by Gasteiger charge is -2.30. The van der Waals surface area contributed by atoms with Gasteiger partial charge in [0, 0.05) is 13.1 Å². The molecule has 166 valence electrons. The van der Waals surface area contributed by atoms with E-state index in [1.165, 1.54) is 37.6 Å². The van der Waals surface area contributed by atoms with E-state index in [1.807, 2.05) is 0 Å². The summed E-state index contributed by atoms with van der Waals surface area (Å²) in [5.41, 5.74) is -0.0480. The van der Waals surface area contributed by atoms with Crippen LogP contribution in [0.3, 0.4) is 0 Å². The van der Waals surface area contributed by atoms with Gasteiger partial charge >= 0.3 is 5.97 Å². The van der Waals surface area contributed by atoms with Crippen LogP contribution < -0.4 is 9.04 Å². The third kappa shape index (κ3) is 3.91. The fourth-order valence-corrected chi connectivity index (χ4v) is 7.18. The lowest BCUT2D eigenvalue weighted by Crippen LogP contribution is -2.40. The standard InChI is InChI=1S/C18H24N2O8S2/c1-12-11-29(23,24)20(17(12)21)14-4-5-15(27-2)16(10-14)30(25,26)19-8-6-13(7-9-19)18(22)28-3/h4-5,10,12-13H,6-9,11H2,1-3H3/t12-/m1/s1.